The van der Waals surface area contributed by atoms with Crippen molar-refractivity contribution in [3.63, 3.8) is 0 Å². The van der Waals surface area contributed by atoms with Crippen LogP contribution in [0.2, 0.25) is 0 Å². The van der Waals surface area contributed by atoms with Gasteiger partial charge in [-0.05, 0) is 43.0 Å². The number of carbonyl (C=O) groups is 2. The zero-order valence-corrected chi connectivity index (χ0v) is 24.3. The van der Waals surface area contributed by atoms with Gasteiger partial charge in [0.2, 0.25) is 5.91 Å². The van der Waals surface area contributed by atoms with Crippen LogP contribution in [0.25, 0.3) is 11.1 Å². The van der Waals surface area contributed by atoms with Crippen LogP contribution in [0.5, 0.6) is 5.75 Å². The number of thiophene rings is 1. The van der Waals surface area contributed by atoms with E-state index in [1.165, 1.54) is 35.8 Å². The molecule has 0 saturated carbocycles. The number of anilines is 1. The molecule has 1 unspecified atom stereocenters. The number of nitrogens with one attached hydrogen (secondary N) is 1. The molecular formula is C29H32N4O4S2. The first-order valence-corrected chi connectivity index (χ1v) is 14.6. The zero-order valence-electron chi connectivity index (χ0n) is 22.6. The summed E-state index contributed by atoms with van der Waals surface area (Å²) >= 11 is 2.57. The van der Waals surface area contributed by atoms with Crippen LogP contribution in [0.3, 0.4) is 0 Å². The summed E-state index contributed by atoms with van der Waals surface area (Å²) in [4.78, 5) is 25.5. The molecule has 2 aromatic carbocycles. The van der Waals surface area contributed by atoms with Crippen molar-refractivity contribution in [3.05, 3.63) is 76.9 Å². The molecule has 4 rings (SSSR count). The zero-order chi connectivity index (χ0) is 27.9. The summed E-state index contributed by atoms with van der Waals surface area (Å²) in [5.74, 6) is 1.25. The average Bonchev–Trinajstić information content (AvgIpc) is 3.56. The summed E-state index contributed by atoms with van der Waals surface area (Å²) in [6.07, 6.45) is -0.323. The number of hydrogen-bond acceptors (Lipinski definition) is 8. The number of carbonyl (C=O) groups excluding carboxylic acids is 2. The fourth-order valence-electron chi connectivity index (χ4n) is 4.07. The number of methoxy groups -OCH3 is 1. The molecule has 0 spiro atoms. The first-order chi connectivity index (χ1) is 18.8. The van der Waals surface area contributed by atoms with Crippen molar-refractivity contribution in [1.29, 1.82) is 0 Å². The van der Waals surface area contributed by atoms with Crippen LogP contribution in [0.15, 0.2) is 65.1 Å². The molecule has 10 heteroatoms. The molecule has 8 nitrogen and oxygen atoms in total. The number of amides is 1. The fraction of sp³-hybridized carbons (Fsp3) is 0.310. The molecule has 0 saturated heterocycles. The second-order valence-corrected chi connectivity index (χ2v) is 10.9. The van der Waals surface area contributed by atoms with Crippen molar-refractivity contribution in [2.45, 2.75) is 51.4 Å². The maximum Gasteiger partial charge on any atom is 0.341 e. The van der Waals surface area contributed by atoms with Gasteiger partial charge in [-0.25, -0.2) is 4.79 Å². The van der Waals surface area contributed by atoms with E-state index < -0.39 is 5.97 Å². The Kier molecular flexibility index (Phi) is 9.42. The summed E-state index contributed by atoms with van der Waals surface area (Å²) in [7, 11) is 1.33. The van der Waals surface area contributed by atoms with Gasteiger partial charge in [0, 0.05) is 17.5 Å². The number of nitrogens with zero attached hydrogens (tertiary/aromatic N) is 3. The number of hydrogen-bond donors (Lipinski definition) is 1. The summed E-state index contributed by atoms with van der Waals surface area (Å²) in [6.45, 7) is 8.87. The third-order valence-electron chi connectivity index (χ3n) is 6.14. The monoisotopic (exact) mass is 564 g/mol. The largest absolute Gasteiger partial charge is 0.483 e. The molecule has 1 N–H and O–H groups in total. The number of ether oxygens (including phenoxy) is 2. The smallest absolute Gasteiger partial charge is 0.341 e. The molecule has 0 aliphatic carbocycles. The van der Waals surface area contributed by atoms with Gasteiger partial charge in [0.25, 0.3) is 0 Å². The highest BCUT2D eigenvalue weighted by atomic mass is 32.2. The Morgan fingerprint density at radius 2 is 1.77 bits per heavy atom. The van der Waals surface area contributed by atoms with E-state index >= 15 is 0 Å². The molecule has 204 valence electrons. The van der Waals surface area contributed by atoms with Crippen molar-refractivity contribution < 1.29 is 19.1 Å². The number of esters is 1. The van der Waals surface area contributed by atoms with E-state index in [1.54, 1.807) is 0 Å². The summed E-state index contributed by atoms with van der Waals surface area (Å²) in [5, 5.41) is 14.5. The van der Waals surface area contributed by atoms with Gasteiger partial charge >= 0.3 is 5.97 Å². The number of benzene rings is 2. The molecule has 1 amide bonds. The van der Waals surface area contributed by atoms with Crippen LogP contribution >= 0.6 is 23.1 Å². The van der Waals surface area contributed by atoms with Crippen molar-refractivity contribution in [2.75, 3.05) is 18.2 Å². The van der Waals surface area contributed by atoms with Crippen LogP contribution in [-0.2, 0) is 16.1 Å². The first-order valence-electron chi connectivity index (χ1n) is 12.7. The summed E-state index contributed by atoms with van der Waals surface area (Å²) in [6, 6.07) is 17.6. The van der Waals surface area contributed by atoms with E-state index in [4.69, 9.17) is 9.47 Å². The van der Waals surface area contributed by atoms with Crippen LogP contribution in [0.1, 0.15) is 61.5 Å². The minimum atomic E-state index is -0.499. The van der Waals surface area contributed by atoms with E-state index in [0.717, 1.165) is 16.9 Å². The molecule has 4 aromatic rings. The summed E-state index contributed by atoms with van der Waals surface area (Å²) < 4.78 is 13.1. The maximum atomic E-state index is 12.9. The minimum absolute atomic E-state index is 0.100. The lowest BCUT2D eigenvalue weighted by Gasteiger charge is -2.16. The SMILES string of the molecule is CCn1c(SCC(=O)Nc2scc(-c3ccccc3)c2C(=O)OC)nnc1C(C)Oc1ccc(C(C)C)cc1. The lowest BCUT2D eigenvalue weighted by atomic mass is 10.0. The third kappa shape index (κ3) is 6.69. The molecule has 39 heavy (non-hydrogen) atoms. The van der Waals surface area contributed by atoms with Gasteiger partial charge in [-0.1, -0.05) is 68.1 Å². The van der Waals surface area contributed by atoms with Gasteiger partial charge in [-0.15, -0.1) is 21.5 Å². The highest BCUT2D eigenvalue weighted by Gasteiger charge is 2.23. The number of rotatable bonds is 11. The Labute approximate surface area is 236 Å². The van der Waals surface area contributed by atoms with Gasteiger partial charge < -0.3 is 19.4 Å². The third-order valence-corrected chi connectivity index (χ3v) is 8.00. The van der Waals surface area contributed by atoms with E-state index in [1.807, 2.05) is 66.3 Å². The van der Waals surface area contributed by atoms with Gasteiger partial charge in [0.1, 0.15) is 16.3 Å². The lowest BCUT2D eigenvalue weighted by molar-refractivity contribution is -0.113. The predicted octanol–water partition coefficient (Wildman–Crippen LogP) is 6.81. The minimum Gasteiger partial charge on any atom is -0.483 e. The Morgan fingerprint density at radius 3 is 2.41 bits per heavy atom. The average molecular weight is 565 g/mol. The van der Waals surface area contributed by atoms with Crippen molar-refractivity contribution >= 4 is 40.0 Å². The van der Waals surface area contributed by atoms with Crippen LogP contribution in [0.4, 0.5) is 5.00 Å². The van der Waals surface area contributed by atoms with Gasteiger partial charge in [0.15, 0.2) is 17.1 Å². The normalized spacial score (nSPS) is 11.8. The van der Waals surface area contributed by atoms with Crippen molar-refractivity contribution in [1.82, 2.24) is 14.8 Å². The number of thioether (sulfide) groups is 1. The van der Waals surface area contributed by atoms with E-state index in [0.29, 0.717) is 34.0 Å². The molecule has 0 bridgehead atoms. The second-order valence-electron chi connectivity index (χ2n) is 9.12. The topological polar surface area (TPSA) is 95.3 Å². The molecule has 0 aliphatic rings. The predicted molar refractivity (Wildman–Crippen MR) is 156 cm³/mol. The van der Waals surface area contributed by atoms with Crippen LogP contribution in [0, 0.1) is 0 Å². The molecular weight excluding hydrogens is 532 g/mol. The summed E-state index contributed by atoms with van der Waals surface area (Å²) in [5.41, 5.74) is 3.19. The Bertz CT molecular complexity index is 1420. The number of aromatic nitrogens is 3. The van der Waals surface area contributed by atoms with Crippen molar-refractivity contribution in [3.8, 4) is 16.9 Å². The quantitative estimate of drug-likeness (QED) is 0.158. The van der Waals surface area contributed by atoms with E-state index in [9.17, 15) is 9.59 Å². The Balaban J connectivity index is 1.43. The highest BCUT2D eigenvalue weighted by molar-refractivity contribution is 7.99. The van der Waals surface area contributed by atoms with E-state index in [2.05, 4.69) is 41.5 Å². The molecule has 2 heterocycles. The van der Waals surface area contributed by atoms with Crippen molar-refractivity contribution in [2.24, 2.45) is 0 Å². The van der Waals surface area contributed by atoms with Gasteiger partial charge in [-0.2, -0.15) is 0 Å². The molecule has 0 aliphatic heterocycles. The maximum absolute atomic E-state index is 12.9. The lowest BCUT2D eigenvalue weighted by Crippen LogP contribution is -2.17. The second kappa shape index (κ2) is 12.9. The molecule has 0 fully saturated rings. The Hall–Kier alpha value is -3.63. The fourth-order valence-corrected chi connectivity index (χ4v) is 5.85. The highest BCUT2D eigenvalue weighted by Crippen LogP contribution is 2.36. The first kappa shape index (κ1) is 28.4. The van der Waals surface area contributed by atoms with Crippen LogP contribution in [-0.4, -0.2) is 39.5 Å². The molecule has 1 atom stereocenters. The van der Waals surface area contributed by atoms with Gasteiger partial charge in [-0.3, -0.25) is 4.79 Å². The molecule has 0 radical (unpaired) electrons. The standard InChI is InChI=1S/C29H32N4O4S2/c1-6-33-26(19(4)37-22-14-12-20(13-15-22)18(2)3)31-32-29(33)39-17-24(34)30-27-25(28(35)36-5)23(16-38-27)21-10-8-7-9-11-21/h7-16,18-19H,6,17H2,1-5H3,(H,30,34). The van der Waals surface area contributed by atoms with Crippen LogP contribution < -0.4 is 10.1 Å². The van der Waals surface area contributed by atoms with Gasteiger partial charge in [0.05, 0.1) is 12.9 Å². The Morgan fingerprint density at radius 1 is 1.05 bits per heavy atom. The van der Waals surface area contributed by atoms with E-state index in [-0.39, 0.29) is 17.8 Å². The molecule has 2 aromatic heterocycles.